The van der Waals surface area contributed by atoms with Crippen LogP contribution in [0.25, 0.3) is 0 Å². The summed E-state index contributed by atoms with van der Waals surface area (Å²) in [6.07, 6.45) is 1.64. The molecule has 4 heteroatoms. The number of hydrogen-bond donors (Lipinski definition) is 2. The minimum absolute atomic E-state index is 0.282. The standard InChI is InChI=1S/C16H18N2O2/c19-15-5-1-13(2-6-15)9-11-17-18-12-10-14-3-7-16(20)8-4-14/h1-8,19-20H,9-12H2. The molecule has 0 aromatic heterocycles. The highest BCUT2D eigenvalue weighted by Crippen LogP contribution is 2.11. The van der Waals surface area contributed by atoms with Gasteiger partial charge in [0.15, 0.2) is 0 Å². The molecule has 0 amide bonds. The Balaban J connectivity index is 1.67. The van der Waals surface area contributed by atoms with Crippen molar-refractivity contribution in [2.45, 2.75) is 12.8 Å². The summed E-state index contributed by atoms with van der Waals surface area (Å²) in [5.74, 6) is 0.563. The fraction of sp³-hybridized carbons (Fsp3) is 0.250. The molecule has 2 N–H and O–H groups in total. The predicted molar refractivity (Wildman–Crippen MR) is 78.2 cm³/mol. The lowest BCUT2D eigenvalue weighted by atomic mass is 10.1. The third-order valence-corrected chi connectivity index (χ3v) is 2.97. The lowest BCUT2D eigenvalue weighted by Crippen LogP contribution is -1.91. The molecule has 0 atom stereocenters. The number of nitrogens with zero attached hydrogens (tertiary/aromatic N) is 2. The van der Waals surface area contributed by atoms with E-state index in [0.29, 0.717) is 13.1 Å². The normalized spacial score (nSPS) is 11.0. The number of aromatic hydroxyl groups is 2. The minimum Gasteiger partial charge on any atom is -0.508 e. The van der Waals surface area contributed by atoms with Gasteiger partial charge in [0.05, 0.1) is 13.1 Å². The molecular formula is C16H18N2O2. The second kappa shape index (κ2) is 7.28. The maximum atomic E-state index is 9.17. The summed E-state index contributed by atoms with van der Waals surface area (Å²) in [6.45, 7) is 1.31. The monoisotopic (exact) mass is 270 g/mol. The van der Waals surface area contributed by atoms with Crippen molar-refractivity contribution in [2.24, 2.45) is 10.2 Å². The lowest BCUT2D eigenvalue weighted by Gasteiger charge is -1.99. The highest BCUT2D eigenvalue weighted by molar-refractivity contribution is 5.26. The Morgan fingerprint density at radius 1 is 0.600 bits per heavy atom. The molecule has 2 aromatic carbocycles. The Hall–Kier alpha value is -2.36. The quantitative estimate of drug-likeness (QED) is 0.791. The van der Waals surface area contributed by atoms with Crippen molar-refractivity contribution in [1.82, 2.24) is 0 Å². The third-order valence-electron chi connectivity index (χ3n) is 2.97. The summed E-state index contributed by atoms with van der Waals surface area (Å²) in [6, 6.07) is 14.3. The molecule has 0 spiro atoms. The predicted octanol–water partition coefficient (Wildman–Crippen LogP) is 3.34. The van der Waals surface area contributed by atoms with Gasteiger partial charge >= 0.3 is 0 Å². The second-order valence-corrected chi connectivity index (χ2v) is 4.56. The summed E-state index contributed by atoms with van der Waals surface area (Å²) in [5.41, 5.74) is 2.28. The van der Waals surface area contributed by atoms with Crippen LogP contribution in [-0.2, 0) is 12.8 Å². The van der Waals surface area contributed by atoms with Crippen molar-refractivity contribution in [1.29, 1.82) is 0 Å². The van der Waals surface area contributed by atoms with Crippen LogP contribution in [0, 0.1) is 0 Å². The van der Waals surface area contributed by atoms with E-state index >= 15 is 0 Å². The van der Waals surface area contributed by atoms with Gasteiger partial charge in [-0.05, 0) is 48.2 Å². The largest absolute Gasteiger partial charge is 0.508 e. The summed E-state index contributed by atoms with van der Waals surface area (Å²) >= 11 is 0. The second-order valence-electron chi connectivity index (χ2n) is 4.56. The van der Waals surface area contributed by atoms with Gasteiger partial charge in [0.25, 0.3) is 0 Å². The van der Waals surface area contributed by atoms with E-state index in [4.69, 9.17) is 10.2 Å². The number of rotatable bonds is 6. The molecule has 0 aliphatic carbocycles. The van der Waals surface area contributed by atoms with Gasteiger partial charge in [0, 0.05) is 0 Å². The molecule has 0 saturated carbocycles. The van der Waals surface area contributed by atoms with Crippen LogP contribution in [0.2, 0.25) is 0 Å². The summed E-state index contributed by atoms with van der Waals surface area (Å²) < 4.78 is 0. The van der Waals surface area contributed by atoms with E-state index in [1.54, 1.807) is 24.3 Å². The molecule has 0 aliphatic heterocycles. The molecule has 0 fully saturated rings. The van der Waals surface area contributed by atoms with Crippen LogP contribution >= 0.6 is 0 Å². The van der Waals surface area contributed by atoms with Gasteiger partial charge in [-0.25, -0.2) is 0 Å². The van der Waals surface area contributed by atoms with Gasteiger partial charge in [-0.2, -0.15) is 10.2 Å². The van der Waals surface area contributed by atoms with Crippen LogP contribution in [0.3, 0.4) is 0 Å². The first kappa shape index (κ1) is 14.1. The lowest BCUT2D eigenvalue weighted by molar-refractivity contribution is 0.474. The highest BCUT2D eigenvalue weighted by atomic mass is 16.3. The van der Waals surface area contributed by atoms with Crippen LogP contribution in [0.5, 0.6) is 11.5 Å². The van der Waals surface area contributed by atoms with E-state index < -0.39 is 0 Å². The first-order valence-electron chi connectivity index (χ1n) is 6.63. The number of benzene rings is 2. The smallest absolute Gasteiger partial charge is 0.115 e. The molecule has 0 radical (unpaired) electrons. The van der Waals surface area contributed by atoms with Crippen molar-refractivity contribution in [2.75, 3.05) is 13.1 Å². The van der Waals surface area contributed by atoms with Crippen molar-refractivity contribution >= 4 is 0 Å². The Bertz CT molecular complexity index is 496. The molecule has 0 aliphatic rings. The van der Waals surface area contributed by atoms with Crippen molar-refractivity contribution in [3.05, 3.63) is 59.7 Å². The minimum atomic E-state index is 0.282. The zero-order valence-electron chi connectivity index (χ0n) is 11.2. The van der Waals surface area contributed by atoms with Gasteiger partial charge in [0.1, 0.15) is 11.5 Å². The average Bonchev–Trinajstić information content (AvgIpc) is 2.46. The van der Waals surface area contributed by atoms with Gasteiger partial charge in [-0.15, -0.1) is 0 Å². The van der Waals surface area contributed by atoms with E-state index in [1.165, 1.54) is 0 Å². The Morgan fingerprint density at radius 3 is 1.30 bits per heavy atom. The number of hydrogen-bond acceptors (Lipinski definition) is 4. The number of phenols is 2. The molecule has 0 saturated heterocycles. The van der Waals surface area contributed by atoms with Gasteiger partial charge in [-0.1, -0.05) is 24.3 Å². The van der Waals surface area contributed by atoms with Crippen LogP contribution in [0.15, 0.2) is 58.8 Å². The van der Waals surface area contributed by atoms with Gasteiger partial charge < -0.3 is 10.2 Å². The summed E-state index contributed by atoms with van der Waals surface area (Å²) in [7, 11) is 0. The molecule has 0 bridgehead atoms. The topological polar surface area (TPSA) is 65.2 Å². The first-order valence-corrected chi connectivity index (χ1v) is 6.63. The first-order chi connectivity index (χ1) is 9.74. The van der Waals surface area contributed by atoms with Crippen LogP contribution in [0.1, 0.15) is 11.1 Å². The molecule has 4 nitrogen and oxygen atoms in total. The average molecular weight is 270 g/mol. The Morgan fingerprint density at radius 2 is 0.950 bits per heavy atom. The van der Waals surface area contributed by atoms with Crippen molar-refractivity contribution in [3.8, 4) is 11.5 Å². The maximum absolute atomic E-state index is 9.17. The zero-order valence-corrected chi connectivity index (χ0v) is 11.2. The van der Waals surface area contributed by atoms with Crippen LogP contribution < -0.4 is 0 Å². The Kier molecular flexibility index (Phi) is 5.12. The van der Waals surface area contributed by atoms with Gasteiger partial charge in [-0.3, -0.25) is 0 Å². The number of azo groups is 1. The molecule has 0 heterocycles. The third kappa shape index (κ3) is 4.72. The molecule has 20 heavy (non-hydrogen) atoms. The summed E-state index contributed by atoms with van der Waals surface area (Å²) in [5, 5.41) is 26.6. The van der Waals surface area contributed by atoms with Crippen molar-refractivity contribution in [3.63, 3.8) is 0 Å². The van der Waals surface area contributed by atoms with Crippen molar-refractivity contribution < 1.29 is 10.2 Å². The molecule has 2 aromatic rings. The maximum Gasteiger partial charge on any atom is 0.115 e. The highest BCUT2D eigenvalue weighted by Gasteiger charge is 1.94. The number of phenolic OH excluding ortho intramolecular Hbond substituents is 2. The molecular weight excluding hydrogens is 252 g/mol. The summed E-state index contributed by atoms with van der Waals surface area (Å²) in [4.78, 5) is 0. The molecule has 0 unspecified atom stereocenters. The molecule has 104 valence electrons. The Labute approximate surface area is 118 Å². The van der Waals surface area contributed by atoms with Crippen LogP contribution in [-0.4, -0.2) is 23.3 Å². The molecule has 2 rings (SSSR count). The van der Waals surface area contributed by atoms with Crippen LogP contribution in [0.4, 0.5) is 0 Å². The SMILES string of the molecule is Oc1ccc(CCN=NCCc2ccc(O)cc2)cc1. The van der Waals surface area contributed by atoms with E-state index in [0.717, 1.165) is 24.0 Å². The van der Waals surface area contributed by atoms with Gasteiger partial charge in [0.2, 0.25) is 0 Å². The fourth-order valence-electron chi connectivity index (χ4n) is 1.82. The zero-order chi connectivity index (χ0) is 14.2. The van der Waals surface area contributed by atoms with E-state index in [-0.39, 0.29) is 11.5 Å². The van der Waals surface area contributed by atoms with E-state index in [2.05, 4.69) is 10.2 Å². The van der Waals surface area contributed by atoms with E-state index in [1.807, 2.05) is 24.3 Å². The van der Waals surface area contributed by atoms with E-state index in [9.17, 15) is 0 Å². The fourth-order valence-corrected chi connectivity index (χ4v) is 1.82.